The summed E-state index contributed by atoms with van der Waals surface area (Å²) < 4.78 is 7.53. The molecule has 0 bridgehead atoms. The van der Waals surface area contributed by atoms with Crippen LogP contribution in [0.25, 0.3) is 11.5 Å². The lowest BCUT2D eigenvalue weighted by Crippen LogP contribution is -2.05. The molecular formula is C14H16N6OS. The van der Waals surface area contributed by atoms with E-state index in [4.69, 9.17) is 4.42 Å². The normalized spacial score (nSPS) is 12.7. The molecule has 0 aliphatic rings. The first-order valence-electron chi connectivity index (χ1n) is 6.98. The van der Waals surface area contributed by atoms with Crippen molar-refractivity contribution >= 4 is 11.8 Å². The molecule has 2 heterocycles. The molecular weight excluding hydrogens is 300 g/mol. The van der Waals surface area contributed by atoms with Crippen molar-refractivity contribution in [1.29, 1.82) is 0 Å². The minimum absolute atomic E-state index is 0.0338. The lowest BCUT2D eigenvalue weighted by Gasteiger charge is -2.09. The van der Waals surface area contributed by atoms with Gasteiger partial charge in [-0.25, -0.2) is 4.68 Å². The van der Waals surface area contributed by atoms with Crippen LogP contribution in [0.4, 0.5) is 0 Å². The van der Waals surface area contributed by atoms with Crippen LogP contribution in [-0.4, -0.2) is 30.4 Å². The van der Waals surface area contributed by atoms with E-state index in [0.717, 1.165) is 10.7 Å². The van der Waals surface area contributed by atoms with E-state index in [1.807, 2.05) is 51.1 Å². The van der Waals surface area contributed by atoms with Crippen LogP contribution < -0.4 is 0 Å². The number of rotatable bonds is 5. The van der Waals surface area contributed by atoms with Gasteiger partial charge in [0.05, 0.1) is 11.3 Å². The summed E-state index contributed by atoms with van der Waals surface area (Å²) in [6, 6.07) is 9.91. The number of nitrogens with zero attached hydrogens (tertiary/aromatic N) is 6. The van der Waals surface area contributed by atoms with Crippen LogP contribution >= 0.6 is 11.8 Å². The maximum Gasteiger partial charge on any atom is 0.247 e. The Kier molecular flexibility index (Phi) is 4.19. The maximum atomic E-state index is 5.76. The quantitative estimate of drug-likeness (QED) is 0.668. The van der Waals surface area contributed by atoms with Gasteiger partial charge in [-0.1, -0.05) is 30.0 Å². The van der Waals surface area contributed by atoms with Gasteiger partial charge in [0.25, 0.3) is 0 Å². The Morgan fingerprint density at radius 1 is 1.05 bits per heavy atom. The summed E-state index contributed by atoms with van der Waals surface area (Å²) in [5.74, 6) is 1.08. The zero-order chi connectivity index (χ0) is 15.5. The zero-order valence-electron chi connectivity index (χ0n) is 12.5. The maximum absolute atomic E-state index is 5.76. The fraction of sp³-hybridized carbons (Fsp3) is 0.357. The third-order valence-electron chi connectivity index (χ3n) is 3.04. The highest BCUT2D eigenvalue weighted by molar-refractivity contribution is 7.99. The molecule has 0 spiro atoms. The van der Waals surface area contributed by atoms with Gasteiger partial charge in [0, 0.05) is 5.56 Å². The molecule has 0 aliphatic heterocycles. The second-order valence-electron chi connectivity index (χ2n) is 5.07. The summed E-state index contributed by atoms with van der Waals surface area (Å²) >= 11 is 1.50. The number of benzene rings is 1. The number of thioether (sulfide) groups is 1. The first-order valence-corrected chi connectivity index (χ1v) is 7.86. The molecule has 0 aliphatic carbocycles. The third kappa shape index (κ3) is 3.01. The van der Waals surface area contributed by atoms with E-state index in [2.05, 4.69) is 25.7 Å². The average Bonchev–Trinajstić information content (AvgIpc) is 3.17. The molecule has 22 heavy (non-hydrogen) atoms. The predicted octanol–water partition coefficient (Wildman–Crippen LogP) is 3.16. The van der Waals surface area contributed by atoms with Crippen molar-refractivity contribution in [3.05, 3.63) is 36.2 Å². The van der Waals surface area contributed by atoms with Gasteiger partial charge in [-0.2, -0.15) is 0 Å². The fourth-order valence-corrected chi connectivity index (χ4v) is 2.84. The van der Waals surface area contributed by atoms with Crippen LogP contribution in [0.3, 0.4) is 0 Å². The van der Waals surface area contributed by atoms with E-state index in [9.17, 15) is 0 Å². The molecule has 7 nitrogen and oxygen atoms in total. The molecule has 0 fully saturated rings. The topological polar surface area (TPSA) is 82.5 Å². The summed E-state index contributed by atoms with van der Waals surface area (Å²) in [5.41, 5.74) is 0.908. The van der Waals surface area contributed by atoms with Crippen molar-refractivity contribution < 1.29 is 4.42 Å². The van der Waals surface area contributed by atoms with Crippen molar-refractivity contribution in [3.8, 4) is 11.5 Å². The molecule has 0 N–H and O–H groups in total. The summed E-state index contributed by atoms with van der Waals surface area (Å²) in [4.78, 5) is 0. The molecule has 1 unspecified atom stereocenters. The highest BCUT2D eigenvalue weighted by atomic mass is 32.2. The van der Waals surface area contributed by atoms with E-state index >= 15 is 0 Å². The smallest absolute Gasteiger partial charge is 0.247 e. The summed E-state index contributed by atoms with van der Waals surface area (Å²) in [7, 11) is 0. The van der Waals surface area contributed by atoms with Crippen LogP contribution in [-0.2, 0) is 0 Å². The monoisotopic (exact) mass is 316 g/mol. The highest BCUT2D eigenvalue weighted by Crippen LogP contribution is 2.34. The van der Waals surface area contributed by atoms with Crippen molar-refractivity contribution in [2.45, 2.75) is 37.2 Å². The van der Waals surface area contributed by atoms with Crippen LogP contribution in [0, 0.1) is 0 Å². The molecule has 1 aromatic carbocycles. The SMILES string of the molecule is CC(Sc1nnnn1C(C)C)c1nnc(-c2ccccc2)o1. The Balaban J connectivity index is 1.77. The zero-order valence-corrected chi connectivity index (χ0v) is 13.4. The number of hydrogen-bond acceptors (Lipinski definition) is 7. The lowest BCUT2D eigenvalue weighted by molar-refractivity contribution is 0.474. The lowest BCUT2D eigenvalue weighted by atomic mass is 10.2. The molecule has 114 valence electrons. The summed E-state index contributed by atoms with van der Waals surface area (Å²) in [6.45, 7) is 6.06. The molecule has 1 atom stereocenters. The fourth-order valence-electron chi connectivity index (χ4n) is 1.89. The molecule has 0 amide bonds. The number of hydrogen-bond donors (Lipinski definition) is 0. The molecule has 3 rings (SSSR count). The average molecular weight is 316 g/mol. The van der Waals surface area contributed by atoms with Crippen LogP contribution in [0.1, 0.15) is 38.0 Å². The minimum atomic E-state index is -0.0338. The van der Waals surface area contributed by atoms with E-state index < -0.39 is 0 Å². The van der Waals surface area contributed by atoms with Crippen LogP contribution in [0.15, 0.2) is 39.9 Å². The summed E-state index contributed by atoms with van der Waals surface area (Å²) in [6.07, 6.45) is 0. The van der Waals surface area contributed by atoms with Crippen LogP contribution in [0.5, 0.6) is 0 Å². The first-order chi connectivity index (χ1) is 10.6. The molecule has 0 radical (unpaired) electrons. The van der Waals surface area contributed by atoms with Gasteiger partial charge >= 0.3 is 0 Å². The van der Waals surface area contributed by atoms with E-state index in [1.165, 1.54) is 11.8 Å². The molecule has 3 aromatic rings. The van der Waals surface area contributed by atoms with Gasteiger partial charge in [-0.15, -0.1) is 15.3 Å². The van der Waals surface area contributed by atoms with Gasteiger partial charge in [-0.05, 0) is 43.3 Å². The Bertz CT molecular complexity index is 739. The number of aromatic nitrogens is 6. The van der Waals surface area contributed by atoms with Crippen molar-refractivity contribution in [2.24, 2.45) is 0 Å². The number of tetrazole rings is 1. The van der Waals surface area contributed by atoms with Gasteiger partial charge in [0.2, 0.25) is 16.9 Å². The van der Waals surface area contributed by atoms with Crippen molar-refractivity contribution in [2.75, 3.05) is 0 Å². The van der Waals surface area contributed by atoms with Gasteiger partial charge in [-0.3, -0.25) is 0 Å². The van der Waals surface area contributed by atoms with Gasteiger partial charge in [0.15, 0.2) is 0 Å². The summed E-state index contributed by atoms with van der Waals surface area (Å²) in [5, 5.41) is 20.7. The van der Waals surface area contributed by atoms with E-state index in [-0.39, 0.29) is 11.3 Å². The molecule has 2 aromatic heterocycles. The van der Waals surface area contributed by atoms with E-state index in [0.29, 0.717) is 11.8 Å². The Morgan fingerprint density at radius 2 is 1.82 bits per heavy atom. The molecule has 8 heteroatoms. The highest BCUT2D eigenvalue weighted by Gasteiger charge is 2.20. The Morgan fingerprint density at radius 3 is 2.55 bits per heavy atom. The predicted molar refractivity (Wildman–Crippen MR) is 82.2 cm³/mol. The second-order valence-corrected chi connectivity index (χ2v) is 6.38. The Labute approximate surface area is 132 Å². The van der Waals surface area contributed by atoms with E-state index in [1.54, 1.807) is 4.68 Å². The largest absolute Gasteiger partial charge is 0.419 e. The molecule has 0 saturated carbocycles. The standard InChI is InChI=1S/C14H16N6OS/c1-9(2)20-14(17-18-19-20)22-10(3)12-15-16-13(21-12)11-7-5-4-6-8-11/h4-10H,1-3H3. The van der Waals surface area contributed by atoms with Crippen LogP contribution in [0.2, 0.25) is 0 Å². The third-order valence-corrected chi connectivity index (χ3v) is 4.08. The van der Waals surface area contributed by atoms with Gasteiger partial charge in [0.1, 0.15) is 0 Å². The Hall–Kier alpha value is -2.22. The minimum Gasteiger partial charge on any atom is -0.419 e. The van der Waals surface area contributed by atoms with Gasteiger partial charge < -0.3 is 4.42 Å². The second kappa shape index (κ2) is 6.27. The molecule has 0 saturated heterocycles. The van der Waals surface area contributed by atoms with Crippen molar-refractivity contribution in [1.82, 2.24) is 30.4 Å². The first kappa shape index (κ1) is 14.7. The van der Waals surface area contributed by atoms with Crippen molar-refractivity contribution in [3.63, 3.8) is 0 Å².